The first-order chi connectivity index (χ1) is 11.7. The second kappa shape index (κ2) is 6.11. The first-order valence-corrected chi connectivity index (χ1v) is 8.50. The van der Waals surface area contributed by atoms with Gasteiger partial charge in [-0.05, 0) is 44.9 Å². The molecule has 1 fully saturated rings. The highest BCUT2D eigenvalue weighted by Gasteiger charge is 2.19. The number of nitrogens with one attached hydrogen (secondary N) is 2. The summed E-state index contributed by atoms with van der Waals surface area (Å²) < 4.78 is 0. The number of hydrogen-bond acceptors (Lipinski definition) is 5. The van der Waals surface area contributed by atoms with Gasteiger partial charge in [0.05, 0.1) is 17.1 Å². The number of aromatic nitrogens is 4. The number of pyridine rings is 1. The van der Waals surface area contributed by atoms with Gasteiger partial charge in [0.2, 0.25) is 5.95 Å². The molecule has 0 amide bonds. The molecule has 1 atom stereocenters. The van der Waals surface area contributed by atoms with Gasteiger partial charge >= 0.3 is 0 Å². The second-order valence-electron chi connectivity index (χ2n) is 6.40. The van der Waals surface area contributed by atoms with Gasteiger partial charge in [-0.1, -0.05) is 6.07 Å². The van der Waals surface area contributed by atoms with E-state index < -0.39 is 0 Å². The van der Waals surface area contributed by atoms with Crippen molar-refractivity contribution in [1.29, 1.82) is 0 Å². The molecule has 0 spiro atoms. The predicted octanol–water partition coefficient (Wildman–Crippen LogP) is 3.43. The number of anilines is 2. The number of nitrogens with zero attached hydrogens (tertiary/aromatic N) is 4. The highest BCUT2D eigenvalue weighted by atomic mass is 15.3. The summed E-state index contributed by atoms with van der Waals surface area (Å²) in [4.78, 5) is 19.6. The average molecular weight is 322 g/mol. The van der Waals surface area contributed by atoms with E-state index in [1.54, 1.807) is 0 Å². The van der Waals surface area contributed by atoms with Crippen LogP contribution in [0.15, 0.2) is 30.5 Å². The SMILES string of the molecule is Cc1cc2c(NC(C)c3ccccn3)nc(N3CCCC3)nc2[nH]1. The van der Waals surface area contributed by atoms with Crippen molar-refractivity contribution in [2.45, 2.75) is 32.7 Å². The van der Waals surface area contributed by atoms with Crippen LogP contribution in [0.1, 0.15) is 37.2 Å². The van der Waals surface area contributed by atoms with Crippen molar-refractivity contribution < 1.29 is 0 Å². The molecule has 0 radical (unpaired) electrons. The summed E-state index contributed by atoms with van der Waals surface area (Å²) in [6, 6.07) is 8.13. The van der Waals surface area contributed by atoms with E-state index in [-0.39, 0.29) is 6.04 Å². The average Bonchev–Trinajstić information content (AvgIpc) is 3.24. The molecule has 1 aliphatic heterocycles. The summed E-state index contributed by atoms with van der Waals surface area (Å²) in [6.45, 7) is 6.20. The van der Waals surface area contributed by atoms with E-state index in [0.29, 0.717) is 0 Å². The Kier molecular flexibility index (Phi) is 3.80. The van der Waals surface area contributed by atoms with Crippen molar-refractivity contribution in [1.82, 2.24) is 19.9 Å². The minimum atomic E-state index is 0.0749. The van der Waals surface area contributed by atoms with E-state index in [1.807, 2.05) is 31.3 Å². The topological polar surface area (TPSA) is 69.7 Å². The molecular weight excluding hydrogens is 300 g/mol. The zero-order valence-electron chi connectivity index (χ0n) is 14.1. The normalized spacial score (nSPS) is 15.8. The van der Waals surface area contributed by atoms with E-state index in [0.717, 1.165) is 47.3 Å². The lowest BCUT2D eigenvalue weighted by Crippen LogP contribution is -2.21. The molecule has 0 aromatic carbocycles. The van der Waals surface area contributed by atoms with Crippen LogP contribution in [-0.2, 0) is 0 Å². The molecular formula is C18H22N6. The number of H-pyrrole nitrogens is 1. The second-order valence-corrected chi connectivity index (χ2v) is 6.40. The van der Waals surface area contributed by atoms with E-state index >= 15 is 0 Å². The summed E-state index contributed by atoms with van der Waals surface area (Å²) in [5.41, 5.74) is 2.98. The molecule has 24 heavy (non-hydrogen) atoms. The highest BCUT2D eigenvalue weighted by molar-refractivity contribution is 5.89. The number of aromatic amines is 1. The molecule has 3 aromatic rings. The first-order valence-electron chi connectivity index (χ1n) is 8.50. The Morgan fingerprint density at radius 1 is 1.21 bits per heavy atom. The Morgan fingerprint density at radius 3 is 2.79 bits per heavy atom. The van der Waals surface area contributed by atoms with Crippen molar-refractivity contribution in [3.63, 3.8) is 0 Å². The lowest BCUT2D eigenvalue weighted by atomic mass is 10.2. The van der Waals surface area contributed by atoms with Crippen LogP contribution in [0.4, 0.5) is 11.8 Å². The van der Waals surface area contributed by atoms with Crippen LogP contribution >= 0.6 is 0 Å². The Balaban J connectivity index is 1.72. The lowest BCUT2D eigenvalue weighted by Gasteiger charge is -2.19. The minimum Gasteiger partial charge on any atom is -0.361 e. The van der Waals surface area contributed by atoms with Crippen molar-refractivity contribution >= 4 is 22.8 Å². The van der Waals surface area contributed by atoms with Gasteiger partial charge in [-0.15, -0.1) is 0 Å². The summed E-state index contributed by atoms with van der Waals surface area (Å²) in [6.07, 6.45) is 4.23. The zero-order chi connectivity index (χ0) is 16.5. The van der Waals surface area contributed by atoms with Crippen LogP contribution < -0.4 is 10.2 Å². The fraction of sp³-hybridized carbons (Fsp3) is 0.389. The van der Waals surface area contributed by atoms with Gasteiger partial charge in [-0.3, -0.25) is 4.98 Å². The molecule has 1 saturated heterocycles. The van der Waals surface area contributed by atoms with Crippen LogP contribution in [0.25, 0.3) is 11.0 Å². The maximum absolute atomic E-state index is 4.82. The molecule has 1 aliphatic rings. The molecule has 6 nitrogen and oxygen atoms in total. The molecule has 1 unspecified atom stereocenters. The van der Waals surface area contributed by atoms with Crippen LogP contribution in [-0.4, -0.2) is 33.0 Å². The van der Waals surface area contributed by atoms with Gasteiger partial charge < -0.3 is 15.2 Å². The summed E-state index contributed by atoms with van der Waals surface area (Å²) in [5, 5.41) is 4.54. The fourth-order valence-corrected chi connectivity index (χ4v) is 3.21. The van der Waals surface area contributed by atoms with E-state index in [9.17, 15) is 0 Å². The number of hydrogen-bond donors (Lipinski definition) is 2. The van der Waals surface area contributed by atoms with Gasteiger partial charge in [-0.2, -0.15) is 9.97 Å². The van der Waals surface area contributed by atoms with Gasteiger partial charge in [0, 0.05) is 25.0 Å². The van der Waals surface area contributed by atoms with E-state index in [2.05, 4.69) is 33.2 Å². The molecule has 2 N–H and O–H groups in total. The largest absolute Gasteiger partial charge is 0.361 e. The third-order valence-corrected chi connectivity index (χ3v) is 4.48. The molecule has 4 rings (SSSR count). The maximum atomic E-state index is 4.82. The Labute approximate surface area is 141 Å². The third kappa shape index (κ3) is 2.79. The molecule has 6 heteroatoms. The monoisotopic (exact) mass is 322 g/mol. The standard InChI is InChI=1S/C18H22N6/c1-12-11-14-16(20-12)22-18(24-9-5-6-10-24)23-17(14)21-13(2)15-7-3-4-8-19-15/h3-4,7-8,11,13H,5-6,9-10H2,1-2H3,(H2,20,21,22,23). The Morgan fingerprint density at radius 2 is 2.04 bits per heavy atom. The van der Waals surface area contributed by atoms with E-state index in [1.165, 1.54) is 12.8 Å². The molecule has 0 bridgehead atoms. The molecule has 3 aromatic heterocycles. The highest BCUT2D eigenvalue weighted by Crippen LogP contribution is 2.28. The summed E-state index contributed by atoms with van der Waals surface area (Å²) >= 11 is 0. The molecule has 0 saturated carbocycles. The van der Waals surface area contributed by atoms with E-state index in [4.69, 9.17) is 9.97 Å². The van der Waals surface area contributed by atoms with Crippen molar-refractivity contribution in [3.8, 4) is 0 Å². The quantitative estimate of drug-likeness (QED) is 0.770. The molecule has 4 heterocycles. The van der Waals surface area contributed by atoms with Crippen molar-refractivity contribution in [2.24, 2.45) is 0 Å². The van der Waals surface area contributed by atoms with Crippen LogP contribution in [0, 0.1) is 6.92 Å². The lowest BCUT2D eigenvalue weighted by molar-refractivity contribution is 0.828. The molecule has 0 aliphatic carbocycles. The van der Waals surface area contributed by atoms with Gasteiger partial charge in [0.1, 0.15) is 11.5 Å². The number of rotatable bonds is 4. The Hall–Kier alpha value is -2.63. The number of aryl methyl sites for hydroxylation is 1. The van der Waals surface area contributed by atoms with Crippen LogP contribution in [0.5, 0.6) is 0 Å². The van der Waals surface area contributed by atoms with Crippen molar-refractivity contribution in [2.75, 3.05) is 23.3 Å². The number of fused-ring (bicyclic) bond motifs is 1. The van der Waals surface area contributed by atoms with Crippen LogP contribution in [0.3, 0.4) is 0 Å². The van der Waals surface area contributed by atoms with Gasteiger partial charge in [0.25, 0.3) is 0 Å². The summed E-state index contributed by atoms with van der Waals surface area (Å²) in [7, 11) is 0. The predicted molar refractivity (Wildman–Crippen MR) is 96.3 cm³/mol. The molecule has 124 valence electrons. The van der Waals surface area contributed by atoms with Gasteiger partial charge in [-0.25, -0.2) is 0 Å². The zero-order valence-corrected chi connectivity index (χ0v) is 14.1. The maximum Gasteiger partial charge on any atom is 0.229 e. The minimum absolute atomic E-state index is 0.0749. The third-order valence-electron chi connectivity index (χ3n) is 4.48. The smallest absolute Gasteiger partial charge is 0.229 e. The first kappa shape index (κ1) is 14.9. The Bertz CT molecular complexity index is 835. The van der Waals surface area contributed by atoms with Gasteiger partial charge in [0.15, 0.2) is 0 Å². The van der Waals surface area contributed by atoms with Crippen molar-refractivity contribution in [3.05, 3.63) is 41.9 Å². The van der Waals surface area contributed by atoms with Crippen LogP contribution in [0.2, 0.25) is 0 Å². The fourth-order valence-electron chi connectivity index (χ4n) is 3.21. The summed E-state index contributed by atoms with van der Waals surface area (Å²) in [5.74, 6) is 1.67.